The van der Waals surface area contributed by atoms with Crippen LogP contribution in [0.5, 0.6) is 0 Å². The molecule has 0 aromatic rings. The zero-order valence-corrected chi connectivity index (χ0v) is 13.7. The average Bonchev–Trinajstić information content (AvgIpc) is 2.48. The Hall–Kier alpha value is -0.560. The normalized spacial score (nSPS) is 10.5. The van der Waals surface area contributed by atoms with E-state index < -0.39 is 0 Å². The van der Waals surface area contributed by atoms with Crippen LogP contribution in [0.25, 0.3) is 0 Å². The van der Waals surface area contributed by atoms with Gasteiger partial charge in [0.15, 0.2) is 0 Å². The average molecular weight is 320 g/mol. The molecule has 124 valence electrons. The molecule has 0 rings (SSSR count). The molecular weight excluding hydrogens is 292 g/mol. The van der Waals surface area contributed by atoms with Gasteiger partial charge in [-0.1, -0.05) is 6.08 Å². The van der Waals surface area contributed by atoms with E-state index in [0.717, 1.165) is 19.3 Å². The number of hydrogen-bond acceptors (Lipinski definition) is 6. The van der Waals surface area contributed by atoms with Gasteiger partial charge in [0.1, 0.15) is 0 Å². The zero-order valence-electron chi connectivity index (χ0n) is 12.8. The number of rotatable bonds is 16. The van der Waals surface area contributed by atoms with Gasteiger partial charge in [0.25, 0.3) is 0 Å². The summed E-state index contributed by atoms with van der Waals surface area (Å²) in [7, 11) is 0. The summed E-state index contributed by atoms with van der Waals surface area (Å²) in [5.74, 6) is 0.325. The summed E-state index contributed by atoms with van der Waals surface area (Å²) >= 11 is 3.96. The molecule has 5 nitrogen and oxygen atoms in total. The van der Waals surface area contributed by atoms with Crippen molar-refractivity contribution in [2.45, 2.75) is 25.7 Å². The van der Waals surface area contributed by atoms with Crippen molar-refractivity contribution in [1.29, 1.82) is 0 Å². The molecule has 0 aliphatic heterocycles. The van der Waals surface area contributed by atoms with Crippen molar-refractivity contribution in [3.05, 3.63) is 12.7 Å². The quantitative estimate of drug-likeness (QED) is 0.205. The second kappa shape index (κ2) is 17.5. The number of hydrogen-bond donors (Lipinski definition) is 1. The molecule has 0 amide bonds. The van der Waals surface area contributed by atoms with Crippen LogP contribution in [0.15, 0.2) is 12.7 Å². The van der Waals surface area contributed by atoms with Gasteiger partial charge in [-0.15, -0.1) is 6.58 Å². The van der Waals surface area contributed by atoms with E-state index in [-0.39, 0.29) is 5.97 Å². The van der Waals surface area contributed by atoms with Gasteiger partial charge >= 0.3 is 5.97 Å². The molecular formula is C15H28O5S. The highest BCUT2D eigenvalue weighted by molar-refractivity contribution is 7.80. The van der Waals surface area contributed by atoms with Gasteiger partial charge in [0.2, 0.25) is 0 Å². The van der Waals surface area contributed by atoms with E-state index in [0.29, 0.717) is 58.4 Å². The van der Waals surface area contributed by atoms with E-state index >= 15 is 0 Å². The highest BCUT2D eigenvalue weighted by Gasteiger charge is 1.99. The fourth-order valence-electron chi connectivity index (χ4n) is 1.41. The number of thiol groups is 1. The molecule has 0 unspecified atom stereocenters. The first-order chi connectivity index (χ1) is 10.3. The molecule has 0 bridgehead atoms. The van der Waals surface area contributed by atoms with Crippen LogP contribution in [0, 0.1) is 0 Å². The van der Waals surface area contributed by atoms with E-state index in [9.17, 15) is 4.79 Å². The Bertz CT molecular complexity index is 248. The summed E-state index contributed by atoms with van der Waals surface area (Å²) in [4.78, 5) is 11.0. The van der Waals surface area contributed by atoms with E-state index in [1.807, 2.05) is 0 Å². The van der Waals surface area contributed by atoms with Gasteiger partial charge in [0.05, 0.1) is 19.6 Å². The van der Waals surface area contributed by atoms with Gasteiger partial charge in [-0.05, 0) is 12.8 Å². The molecule has 0 aromatic heterocycles. The van der Waals surface area contributed by atoms with Crippen molar-refractivity contribution >= 4 is 18.6 Å². The highest BCUT2D eigenvalue weighted by Crippen LogP contribution is 1.93. The van der Waals surface area contributed by atoms with Gasteiger partial charge < -0.3 is 18.9 Å². The summed E-state index contributed by atoms with van der Waals surface area (Å²) in [5, 5.41) is 0. The Morgan fingerprint density at radius 1 is 0.905 bits per heavy atom. The van der Waals surface area contributed by atoms with E-state index in [2.05, 4.69) is 19.2 Å². The van der Waals surface area contributed by atoms with Crippen molar-refractivity contribution in [3.63, 3.8) is 0 Å². The second-order valence-corrected chi connectivity index (χ2v) is 4.79. The number of ether oxygens (including phenoxy) is 4. The summed E-state index contributed by atoms with van der Waals surface area (Å²) in [5.41, 5.74) is 0. The first kappa shape index (κ1) is 20.4. The minimum absolute atomic E-state index is 0.199. The maximum atomic E-state index is 11.0. The van der Waals surface area contributed by atoms with E-state index in [4.69, 9.17) is 18.9 Å². The molecule has 6 heteroatoms. The van der Waals surface area contributed by atoms with E-state index in [1.54, 1.807) is 6.08 Å². The number of carbonyl (C=O) groups is 1. The first-order valence-electron chi connectivity index (χ1n) is 7.42. The van der Waals surface area contributed by atoms with Crippen LogP contribution in [0.1, 0.15) is 25.7 Å². The third kappa shape index (κ3) is 17.4. The predicted molar refractivity (Wildman–Crippen MR) is 85.9 cm³/mol. The van der Waals surface area contributed by atoms with Gasteiger partial charge in [0, 0.05) is 45.2 Å². The lowest BCUT2D eigenvalue weighted by atomic mass is 10.4. The Kier molecular flexibility index (Phi) is 17.0. The summed E-state index contributed by atoms with van der Waals surface area (Å²) < 4.78 is 21.1. The van der Waals surface area contributed by atoms with Crippen molar-refractivity contribution in [2.75, 3.05) is 52.0 Å². The van der Waals surface area contributed by atoms with Crippen LogP contribution >= 0.6 is 12.6 Å². The van der Waals surface area contributed by atoms with Gasteiger partial charge in [-0.25, -0.2) is 0 Å². The topological polar surface area (TPSA) is 54.0 Å². The molecule has 0 saturated heterocycles. The Morgan fingerprint density at radius 3 is 1.95 bits per heavy atom. The maximum Gasteiger partial charge on any atom is 0.306 e. The van der Waals surface area contributed by atoms with Crippen LogP contribution in [-0.2, 0) is 23.7 Å². The highest BCUT2D eigenvalue weighted by atomic mass is 32.1. The molecule has 0 aromatic carbocycles. The lowest BCUT2D eigenvalue weighted by Gasteiger charge is -2.06. The third-order valence-electron chi connectivity index (χ3n) is 2.40. The molecule has 0 heterocycles. The summed E-state index contributed by atoms with van der Waals surface area (Å²) in [6, 6.07) is 0. The maximum absolute atomic E-state index is 11.0. The lowest BCUT2D eigenvalue weighted by molar-refractivity contribution is -0.143. The fraction of sp³-hybridized carbons (Fsp3) is 0.800. The summed E-state index contributed by atoms with van der Waals surface area (Å²) in [6.07, 6.45) is 4.58. The lowest BCUT2D eigenvalue weighted by Crippen LogP contribution is -2.09. The van der Waals surface area contributed by atoms with Gasteiger partial charge in [-0.2, -0.15) is 12.6 Å². The third-order valence-corrected chi connectivity index (χ3v) is 2.63. The van der Waals surface area contributed by atoms with Crippen LogP contribution in [0.2, 0.25) is 0 Å². The van der Waals surface area contributed by atoms with E-state index in [1.165, 1.54) is 0 Å². The van der Waals surface area contributed by atoms with Crippen molar-refractivity contribution in [2.24, 2.45) is 0 Å². The molecule has 0 fully saturated rings. The molecule has 0 spiro atoms. The molecule has 0 radical (unpaired) electrons. The zero-order chi connectivity index (χ0) is 15.6. The Morgan fingerprint density at radius 2 is 1.43 bits per heavy atom. The van der Waals surface area contributed by atoms with Crippen molar-refractivity contribution < 1.29 is 23.7 Å². The van der Waals surface area contributed by atoms with Crippen molar-refractivity contribution in [3.8, 4) is 0 Å². The Balaban J connectivity index is 3.02. The largest absolute Gasteiger partial charge is 0.466 e. The predicted octanol–water partition coefficient (Wildman–Crippen LogP) is 2.26. The fourth-order valence-corrected chi connectivity index (χ4v) is 1.59. The minimum Gasteiger partial charge on any atom is -0.466 e. The molecule has 21 heavy (non-hydrogen) atoms. The smallest absolute Gasteiger partial charge is 0.306 e. The monoisotopic (exact) mass is 320 g/mol. The Labute approximate surface area is 133 Å². The van der Waals surface area contributed by atoms with Crippen LogP contribution in [-0.4, -0.2) is 58.0 Å². The standard InChI is InChI=1S/C15H28O5S/c1-2-7-17-8-3-9-18-10-4-11-19-12-5-13-20-15(16)6-14-21/h2,21H,1,3-14H2. The van der Waals surface area contributed by atoms with Crippen LogP contribution < -0.4 is 0 Å². The minimum atomic E-state index is -0.199. The second-order valence-electron chi connectivity index (χ2n) is 4.34. The summed E-state index contributed by atoms with van der Waals surface area (Å²) in [6.45, 7) is 7.95. The van der Waals surface area contributed by atoms with Crippen molar-refractivity contribution in [1.82, 2.24) is 0 Å². The van der Waals surface area contributed by atoms with Crippen LogP contribution in [0.4, 0.5) is 0 Å². The molecule has 0 atom stereocenters. The molecule has 0 N–H and O–H groups in total. The number of esters is 1. The SMILES string of the molecule is C=CCOCCCOCCCOCCCOC(=O)CCS. The molecule has 0 aliphatic carbocycles. The number of carbonyl (C=O) groups excluding carboxylic acids is 1. The molecule has 0 aliphatic rings. The molecule has 0 saturated carbocycles. The van der Waals surface area contributed by atoms with Gasteiger partial charge in [-0.3, -0.25) is 4.79 Å². The van der Waals surface area contributed by atoms with Crippen LogP contribution in [0.3, 0.4) is 0 Å². The first-order valence-corrected chi connectivity index (χ1v) is 8.05.